The lowest BCUT2D eigenvalue weighted by Gasteiger charge is -2.29. The van der Waals surface area contributed by atoms with Crippen molar-refractivity contribution in [1.82, 2.24) is 5.32 Å². The molecular formula is C16H21ClFNO. The third-order valence-electron chi connectivity index (χ3n) is 4.59. The molecule has 0 aromatic heterocycles. The van der Waals surface area contributed by atoms with Crippen molar-refractivity contribution < 1.29 is 9.13 Å². The van der Waals surface area contributed by atoms with Gasteiger partial charge in [-0.25, -0.2) is 4.39 Å². The van der Waals surface area contributed by atoms with E-state index < -0.39 is 0 Å². The average molecular weight is 298 g/mol. The second-order valence-corrected chi connectivity index (χ2v) is 6.31. The van der Waals surface area contributed by atoms with Crippen molar-refractivity contribution in [3.8, 4) is 0 Å². The largest absolute Gasteiger partial charge is 0.375 e. The van der Waals surface area contributed by atoms with E-state index in [-0.39, 0.29) is 11.9 Å². The van der Waals surface area contributed by atoms with Gasteiger partial charge in [-0.2, -0.15) is 0 Å². The van der Waals surface area contributed by atoms with Crippen molar-refractivity contribution in [2.45, 2.75) is 50.9 Å². The highest BCUT2D eigenvalue weighted by Gasteiger charge is 2.44. The minimum atomic E-state index is -0.204. The molecule has 1 aromatic rings. The highest BCUT2D eigenvalue weighted by Crippen LogP contribution is 2.41. The molecule has 2 bridgehead atoms. The van der Waals surface area contributed by atoms with E-state index in [1.807, 2.05) is 0 Å². The Morgan fingerprint density at radius 3 is 2.90 bits per heavy atom. The van der Waals surface area contributed by atoms with Gasteiger partial charge in [0.15, 0.2) is 0 Å². The highest BCUT2D eigenvalue weighted by molar-refractivity contribution is 6.30. The standard InChI is InChI=1S/C16H21ClFNO/c1-2-19-15(13-9-12-5-6-16(13)20-12)7-10-3-4-11(17)8-14(10)18/h3-4,8,12-13,15-16,19H,2,5-7,9H2,1H3. The van der Waals surface area contributed by atoms with Crippen LogP contribution < -0.4 is 5.32 Å². The van der Waals surface area contributed by atoms with Crippen LogP contribution in [0.25, 0.3) is 0 Å². The molecular weight excluding hydrogens is 277 g/mol. The van der Waals surface area contributed by atoms with Crippen LogP contribution in [0.2, 0.25) is 5.02 Å². The lowest BCUT2D eigenvalue weighted by atomic mass is 9.81. The molecule has 2 fully saturated rings. The summed E-state index contributed by atoms with van der Waals surface area (Å²) in [6, 6.07) is 5.25. The lowest BCUT2D eigenvalue weighted by Crippen LogP contribution is -2.42. The second kappa shape index (κ2) is 6.00. The second-order valence-electron chi connectivity index (χ2n) is 5.88. The van der Waals surface area contributed by atoms with Crippen molar-refractivity contribution in [3.63, 3.8) is 0 Å². The highest BCUT2D eigenvalue weighted by atomic mass is 35.5. The van der Waals surface area contributed by atoms with Gasteiger partial charge in [0.2, 0.25) is 0 Å². The molecule has 4 unspecified atom stereocenters. The summed E-state index contributed by atoms with van der Waals surface area (Å²) in [5.41, 5.74) is 0.739. The molecule has 0 spiro atoms. The number of hydrogen-bond acceptors (Lipinski definition) is 2. The van der Waals surface area contributed by atoms with Crippen LogP contribution in [0.1, 0.15) is 31.7 Å². The van der Waals surface area contributed by atoms with Crippen LogP contribution in [-0.2, 0) is 11.2 Å². The van der Waals surface area contributed by atoms with E-state index in [0.29, 0.717) is 29.6 Å². The molecule has 0 amide bonds. The smallest absolute Gasteiger partial charge is 0.127 e. The topological polar surface area (TPSA) is 21.3 Å². The van der Waals surface area contributed by atoms with Crippen LogP contribution in [0.5, 0.6) is 0 Å². The number of fused-ring (bicyclic) bond motifs is 2. The maximum atomic E-state index is 14.0. The monoisotopic (exact) mass is 297 g/mol. The molecule has 20 heavy (non-hydrogen) atoms. The van der Waals surface area contributed by atoms with Crippen molar-refractivity contribution in [2.75, 3.05) is 6.54 Å². The first kappa shape index (κ1) is 14.3. The number of likely N-dealkylation sites (N-methyl/N-ethyl adjacent to an activating group) is 1. The molecule has 1 aromatic carbocycles. The van der Waals surface area contributed by atoms with Gasteiger partial charge in [-0.3, -0.25) is 0 Å². The van der Waals surface area contributed by atoms with Crippen LogP contribution in [0.3, 0.4) is 0 Å². The molecule has 2 saturated heterocycles. The number of nitrogens with one attached hydrogen (secondary N) is 1. The Hall–Kier alpha value is -0.640. The Kier molecular flexibility index (Phi) is 4.29. The Morgan fingerprint density at radius 1 is 1.45 bits per heavy atom. The normalized spacial score (nSPS) is 29.9. The van der Waals surface area contributed by atoms with E-state index in [1.165, 1.54) is 12.5 Å². The molecule has 4 atom stereocenters. The fraction of sp³-hybridized carbons (Fsp3) is 0.625. The maximum absolute atomic E-state index is 14.0. The molecule has 2 aliphatic heterocycles. The summed E-state index contributed by atoms with van der Waals surface area (Å²) in [6.07, 6.45) is 4.95. The lowest BCUT2D eigenvalue weighted by molar-refractivity contribution is 0.0858. The molecule has 0 radical (unpaired) electrons. The fourth-order valence-electron chi connectivity index (χ4n) is 3.66. The zero-order valence-electron chi connectivity index (χ0n) is 11.7. The zero-order chi connectivity index (χ0) is 14.1. The summed E-state index contributed by atoms with van der Waals surface area (Å²) in [7, 11) is 0. The number of ether oxygens (including phenoxy) is 1. The first-order chi connectivity index (χ1) is 9.67. The summed E-state index contributed by atoms with van der Waals surface area (Å²) in [5, 5.41) is 3.97. The first-order valence-corrected chi connectivity index (χ1v) is 7.88. The number of hydrogen-bond donors (Lipinski definition) is 1. The summed E-state index contributed by atoms with van der Waals surface area (Å²) < 4.78 is 19.9. The Balaban J connectivity index is 1.74. The van der Waals surface area contributed by atoms with Gasteiger partial charge in [0.05, 0.1) is 12.2 Å². The molecule has 110 valence electrons. The van der Waals surface area contributed by atoms with Gasteiger partial charge >= 0.3 is 0 Å². The third kappa shape index (κ3) is 2.85. The van der Waals surface area contributed by atoms with Gasteiger partial charge in [0.1, 0.15) is 5.82 Å². The third-order valence-corrected chi connectivity index (χ3v) is 4.83. The van der Waals surface area contributed by atoms with Crippen LogP contribution in [0.4, 0.5) is 4.39 Å². The Labute approximate surface area is 124 Å². The molecule has 0 aliphatic carbocycles. The SMILES string of the molecule is CCNC(Cc1ccc(Cl)cc1F)C1CC2CCC1O2. The predicted octanol–water partition coefficient (Wildman–Crippen LogP) is 3.57. The summed E-state index contributed by atoms with van der Waals surface area (Å²) in [6.45, 7) is 2.99. The molecule has 0 saturated carbocycles. The van der Waals surface area contributed by atoms with Gasteiger partial charge in [-0.05, 0) is 49.9 Å². The van der Waals surface area contributed by atoms with Crippen LogP contribution in [0.15, 0.2) is 18.2 Å². The number of benzene rings is 1. The van der Waals surface area contributed by atoms with E-state index in [4.69, 9.17) is 16.3 Å². The first-order valence-electron chi connectivity index (χ1n) is 7.50. The van der Waals surface area contributed by atoms with Crippen molar-refractivity contribution >= 4 is 11.6 Å². The van der Waals surface area contributed by atoms with Crippen LogP contribution in [-0.4, -0.2) is 24.8 Å². The van der Waals surface area contributed by atoms with Crippen LogP contribution >= 0.6 is 11.6 Å². The number of rotatable bonds is 5. The van der Waals surface area contributed by atoms with Crippen molar-refractivity contribution in [1.29, 1.82) is 0 Å². The maximum Gasteiger partial charge on any atom is 0.127 e. The van der Waals surface area contributed by atoms with Gasteiger partial charge in [-0.15, -0.1) is 0 Å². The number of halogens is 2. The average Bonchev–Trinajstić information content (AvgIpc) is 3.03. The molecule has 3 rings (SSSR count). The van der Waals surface area contributed by atoms with Crippen molar-refractivity contribution in [3.05, 3.63) is 34.6 Å². The van der Waals surface area contributed by atoms with Gasteiger partial charge < -0.3 is 10.1 Å². The molecule has 2 heterocycles. The molecule has 2 aliphatic rings. The predicted molar refractivity (Wildman–Crippen MR) is 78.6 cm³/mol. The summed E-state index contributed by atoms with van der Waals surface area (Å²) in [5.74, 6) is 0.299. The zero-order valence-corrected chi connectivity index (χ0v) is 12.5. The van der Waals surface area contributed by atoms with E-state index in [2.05, 4.69) is 12.2 Å². The van der Waals surface area contributed by atoms with Gasteiger partial charge in [0.25, 0.3) is 0 Å². The van der Waals surface area contributed by atoms with E-state index in [1.54, 1.807) is 12.1 Å². The van der Waals surface area contributed by atoms with Gasteiger partial charge in [0, 0.05) is 17.0 Å². The summed E-state index contributed by atoms with van der Waals surface area (Å²) in [4.78, 5) is 0. The molecule has 1 N–H and O–H groups in total. The fourth-order valence-corrected chi connectivity index (χ4v) is 3.82. The Bertz CT molecular complexity index is 482. The van der Waals surface area contributed by atoms with E-state index in [9.17, 15) is 4.39 Å². The minimum absolute atomic E-state index is 0.204. The quantitative estimate of drug-likeness (QED) is 0.897. The van der Waals surface area contributed by atoms with Gasteiger partial charge in [-0.1, -0.05) is 24.6 Å². The summed E-state index contributed by atoms with van der Waals surface area (Å²) >= 11 is 5.82. The van der Waals surface area contributed by atoms with E-state index in [0.717, 1.165) is 24.9 Å². The molecule has 2 nitrogen and oxygen atoms in total. The molecule has 4 heteroatoms. The Morgan fingerprint density at radius 2 is 2.30 bits per heavy atom. The van der Waals surface area contributed by atoms with Crippen LogP contribution in [0, 0.1) is 11.7 Å². The van der Waals surface area contributed by atoms with Crippen molar-refractivity contribution in [2.24, 2.45) is 5.92 Å². The van der Waals surface area contributed by atoms with E-state index >= 15 is 0 Å². The minimum Gasteiger partial charge on any atom is -0.375 e.